The molecule has 0 amide bonds. The van der Waals surface area contributed by atoms with Gasteiger partial charge in [0.1, 0.15) is 0 Å². The van der Waals surface area contributed by atoms with E-state index in [1.54, 1.807) is 19.2 Å². The summed E-state index contributed by atoms with van der Waals surface area (Å²) in [6.07, 6.45) is 3.20. The summed E-state index contributed by atoms with van der Waals surface area (Å²) in [5.74, 6) is -0.330. The van der Waals surface area contributed by atoms with Gasteiger partial charge in [-0.2, -0.15) is 0 Å². The van der Waals surface area contributed by atoms with Gasteiger partial charge in [0.05, 0.1) is 24.1 Å². The number of ether oxygens (including phenoxy) is 1. The van der Waals surface area contributed by atoms with Crippen molar-refractivity contribution < 1.29 is 9.53 Å². The summed E-state index contributed by atoms with van der Waals surface area (Å²) < 4.78 is 4.87. The molecule has 0 atom stereocenters. The molecule has 0 N–H and O–H groups in total. The Balaban J connectivity index is 2.88. The van der Waals surface area contributed by atoms with Gasteiger partial charge in [-0.05, 0) is 13.0 Å². The largest absolute Gasteiger partial charge is 0.462 e. The lowest BCUT2D eigenvalue weighted by atomic mass is 10.2. The van der Waals surface area contributed by atoms with Crippen molar-refractivity contribution in [2.24, 2.45) is 0 Å². The highest BCUT2D eigenvalue weighted by molar-refractivity contribution is 5.90. The molecule has 4 heteroatoms. The van der Waals surface area contributed by atoms with Crippen LogP contribution >= 0.6 is 0 Å². The lowest BCUT2D eigenvalue weighted by Gasteiger charge is -2.12. The number of hydrogen-bond acceptors (Lipinski definition) is 4. The van der Waals surface area contributed by atoms with E-state index in [-0.39, 0.29) is 5.97 Å². The molecule has 1 heterocycles. The molecular weight excluding hydrogens is 180 g/mol. The van der Waals surface area contributed by atoms with Crippen LogP contribution < -0.4 is 4.90 Å². The number of carbonyl (C=O) groups excluding carboxylic acids is 1. The molecule has 0 saturated carbocycles. The van der Waals surface area contributed by atoms with Crippen molar-refractivity contribution in [3.8, 4) is 0 Å². The third kappa shape index (κ3) is 2.45. The van der Waals surface area contributed by atoms with Crippen LogP contribution in [-0.4, -0.2) is 31.7 Å². The Morgan fingerprint density at radius 3 is 2.79 bits per heavy atom. The van der Waals surface area contributed by atoms with Crippen LogP contribution in [0.2, 0.25) is 0 Å². The summed E-state index contributed by atoms with van der Waals surface area (Å²) in [5, 5.41) is 0. The molecule has 0 fully saturated rings. The normalized spacial score (nSPS) is 9.64. The van der Waals surface area contributed by atoms with Gasteiger partial charge >= 0.3 is 5.97 Å². The topological polar surface area (TPSA) is 42.4 Å². The summed E-state index contributed by atoms with van der Waals surface area (Å²) >= 11 is 0. The number of pyridine rings is 1. The summed E-state index contributed by atoms with van der Waals surface area (Å²) in [7, 11) is 3.79. The molecule has 1 rings (SSSR count). The summed E-state index contributed by atoms with van der Waals surface area (Å²) in [6, 6.07) is 1.75. The second-order valence-corrected chi connectivity index (χ2v) is 3.05. The van der Waals surface area contributed by atoms with Crippen molar-refractivity contribution in [1.82, 2.24) is 4.98 Å². The first kappa shape index (κ1) is 10.5. The molecule has 0 radical (unpaired) electrons. The fourth-order valence-corrected chi connectivity index (χ4v) is 0.998. The van der Waals surface area contributed by atoms with Gasteiger partial charge in [0.2, 0.25) is 0 Å². The van der Waals surface area contributed by atoms with Gasteiger partial charge in [-0.15, -0.1) is 0 Å². The SMILES string of the molecule is CCOC(=O)c1cncc(N(C)C)c1. The molecule has 4 nitrogen and oxygen atoms in total. The lowest BCUT2D eigenvalue weighted by molar-refractivity contribution is 0.0526. The maximum atomic E-state index is 11.3. The van der Waals surface area contributed by atoms with E-state index >= 15 is 0 Å². The minimum absolute atomic E-state index is 0.330. The van der Waals surface area contributed by atoms with E-state index in [9.17, 15) is 4.79 Å². The first-order chi connectivity index (χ1) is 6.65. The van der Waals surface area contributed by atoms with Crippen molar-refractivity contribution in [2.45, 2.75) is 6.92 Å². The number of carbonyl (C=O) groups is 1. The van der Waals surface area contributed by atoms with E-state index in [1.165, 1.54) is 6.20 Å². The van der Waals surface area contributed by atoms with Crippen molar-refractivity contribution in [1.29, 1.82) is 0 Å². The second-order valence-electron chi connectivity index (χ2n) is 3.05. The number of aromatic nitrogens is 1. The average molecular weight is 194 g/mol. The fourth-order valence-electron chi connectivity index (χ4n) is 0.998. The molecule has 0 aliphatic heterocycles. The van der Waals surface area contributed by atoms with Crippen LogP contribution in [0.4, 0.5) is 5.69 Å². The lowest BCUT2D eigenvalue weighted by Crippen LogP contribution is -2.11. The first-order valence-electron chi connectivity index (χ1n) is 4.44. The molecule has 1 aromatic heterocycles. The van der Waals surface area contributed by atoms with Crippen LogP contribution in [0, 0.1) is 0 Å². The van der Waals surface area contributed by atoms with Crippen LogP contribution in [0.3, 0.4) is 0 Å². The summed E-state index contributed by atoms with van der Waals surface area (Å²) in [5.41, 5.74) is 1.37. The maximum Gasteiger partial charge on any atom is 0.339 e. The predicted octanol–water partition coefficient (Wildman–Crippen LogP) is 1.32. The van der Waals surface area contributed by atoms with Gasteiger partial charge in [-0.3, -0.25) is 4.98 Å². The van der Waals surface area contributed by atoms with Gasteiger partial charge in [-0.1, -0.05) is 0 Å². The fraction of sp³-hybridized carbons (Fsp3) is 0.400. The van der Waals surface area contributed by atoms with E-state index < -0.39 is 0 Å². The molecule has 0 bridgehead atoms. The standard InChI is InChI=1S/C10H14N2O2/c1-4-14-10(13)8-5-9(12(2)3)7-11-6-8/h5-7H,4H2,1-3H3. The van der Waals surface area contributed by atoms with Gasteiger partial charge in [0.25, 0.3) is 0 Å². The minimum Gasteiger partial charge on any atom is -0.462 e. The third-order valence-electron chi connectivity index (χ3n) is 1.75. The monoisotopic (exact) mass is 194 g/mol. The highest BCUT2D eigenvalue weighted by Crippen LogP contribution is 2.11. The Morgan fingerprint density at radius 2 is 2.21 bits per heavy atom. The van der Waals surface area contributed by atoms with Crippen molar-refractivity contribution in [3.05, 3.63) is 24.0 Å². The van der Waals surface area contributed by atoms with E-state index in [0.717, 1.165) is 5.69 Å². The molecule has 76 valence electrons. The van der Waals surface area contributed by atoms with E-state index in [0.29, 0.717) is 12.2 Å². The number of hydrogen-bond donors (Lipinski definition) is 0. The zero-order chi connectivity index (χ0) is 10.6. The van der Waals surface area contributed by atoms with Crippen LogP contribution in [0.5, 0.6) is 0 Å². The zero-order valence-corrected chi connectivity index (χ0v) is 8.65. The summed E-state index contributed by atoms with van der Waals surface area (Å²) in [4.78, 5) is 17.2. The first-order valence-corrected chi connectivity index (χ1v) is 4.44. The van der Waals surface area contributed by atoms with E-state index in [2.05, 4.69) is 4.98 Å². The molecular formula is C10H14N2O2. The van der Waals surface area contributed by atoms with Crippen molar-refractivity contribution >= 4 is 11.7 Å². The maximum absolute atomic E-state index is 11.3. The van der Waals surface area contributed by atoms with Crippen molar-refractivity contribution in [3.63, 3.8) is 0 Å². The highest BCUT2D eigenvalue weighted by atomic mass is 16.5. The number of nitrogens with zero attached hydrogens (tertiary/aromatic N) is 2. The minimum atomic E-state index is -0.330. The zero-order valence-electron chi connectivity index (χ0n) is 8.65. The van der Waals surface area contributed by atoms with Crippen LogP contribution in [0.25, 0.3) is 0 Å². The van der Waals surface area contributed by atoms with Gasteiger partial charge in [0, 0.05) is 20.3 Å². The Hall–Kier alpha value is -1.58. The Kier molecular flexibility index (Phi) is 3.45. The smallest absolute Gasteiger partial charge is 0.339 e. The van der Waals surface area contributed by atoms with Gasteiger partial charge < -0.3 is 9.64 Å². The second kappa shape index (κ2) is 4.60. The highest BCUT2D eigenvalue weighted by Gasteiger charge is 2.07. The molecule has 0 unspecified atom stereocenters. The Morgan fingerprint density at radius 1 is 1.50 bits per heavy atom. The molecule has 0 saturated heterocycles. The quantitative estimate of drug-likeness (QED) is 0.681. The number of anilines is 1. The predicted molar refractivity (Wildman–Crippen MR) is 54.5 cm³/mol. The van der Waals surface area contributed by atoms with Crippen LogP contribution in [0.1, 0.15) is 17.3 Å². The molecule has 0 aliphatic carbocycles. The number of rotatable bonds is 3. The number of esters is 1. The van der Waals surface area contributed by atoms with Crippen molar-refractivity contribution in [2.75, 3.05) is 25.6 Å². The van der Waals surface area contributed by atoms with E-state index in [1.807, 2.05) is 19.0 Å². The molecule has 0 aliphatic rings. The van der Waals surface area contributed by atoms with Gasteiger partial charge in [-0.25, -0.2) is 4.79 Å². The Labute approximate surface area is 83.5 Å². The Bertz CT molecular complexity index is 324. The molecule has 1 aromatic rings. The summed E-state index contributed by atoms with van der Waals surface area (Å²) in [6.45, 7) is 2.16. The third-order valence-corrected chi connectivity index (χ3v) is 1.75. The van der Waals surface area contributed by atoms with E-state index in [4.69, 9.17) is 4.74 Å². The van der Waals surface area contributed by atoms with Crippen LogP contribution in [0.15, 0.2) is 18.5 Å². The van der Waals surface area contributed by atoms with Gasteiger partial charge in [0.15, 0.2) is 0 Å². The molecule has 0 spiro atoms. The molecule has 0 aromatic carbocycles. The average Bonchev–Trinajstić information content (AvgIpc) is 2.18. The van der Waals surface area contributed by atoms with Crippen LogP contribution in [-0.2, 0) is 4.74 Å². The molecule has 14 heavy (non-hydrogen) atoms.